The van der Waals surface area contributed by atoms with Crippen LogP contribution in [0, 0.1) is 0 Å². The van der Waals surface area contributed by atoms with Crippen molar-refractivity contribution in [1.29, 1.82) is 0 Å². The second kappa shape index (κ2) is 5.11. The third-order valence-corrected chi connectivity index (χ3v) is 1.03. The average Bonchev–Trinajstić information content (AvgIpc) is 1.96. The van der Waals surface area contributed by atoms with Crippen LogP contribution in [0.5, 0.6) is 0 Å². The third-order valence-electron chi connectivity index (χ3n) is 1.03. The first-order valence-corrected chi connectivity index (χ1v) is 3.43. The first kappa shape index (κ1) is 10.4. The molecule has 0 aliphatic heterocycles. The van der Waals surface area contributed by atoms with Crippen molar-refractivity contribution in [3.63, 3.8) is 0 Å². The minimum Gasteiger partial charge on any atom is -0.477 e. The summed E-state index contributed by atoms with van der Waals surface area (Å²) in [4.78, 5) is 20.5. The zero-order valence-electron chi connectivity index (χ0n) is 6.70. The van der Waals surface area contributed by atoms with Crippen molar-refractivity contribution in [1.82, 2.24) is 5.43 Å². The maximum Gasteiger partial charge on any atom is 0.352 e. The van der Waals surface area contributed by atoms with Gasteiger partial charge in [0, 0.05) is 0 Å². The Balaban J connectivity index is 4.18. The fraction of sp³-hybridized carbons (Fsp3) is 0.500. The molecular weight excluding hydrogens is 162 g/mol. The molecular formula is C6H11N3O3. The van der Waals surface area contributed by atoms with Crippen molar-refractivity contribution < 1.29 is 14.7 Å². The lowest BCUT2D eigenvalue weighted by atomic mass is 10.2. The number of carboxylic acid groups (broad SMARTS) is 1. The van der Waals surface area contributed by atoms with Crippen LogP contribution >= 0.6 is 0 Å². The number of hydrogen-bond acceptors (Lipinski definition) is 3. The summed E-state index contributed by atoms with van der Waals surface area (Å²) in [5, 5.41) is 11.8. The molecule has 0 fully saturated rings. The number of rotatable bonds is 4. The van der Waals surface area contributed by atoms with Gasteiger partial charge in [0.05, 0.1) is 0 Å². The van der Waals surface area contributed by atoms with E-state index in [4.69, 9.17) is 5.11 Å². The summed E-state index contributed by atoms with van der Waals surface area (Å²) in [6, 6.07) is -0.871. The van der Waals surface area contributed by atoms with Crippen LogP contribution in [-0.2, 0) is 4.79 Å². The second-order valence-corrected chi connectivity index (χ2v) is 2.09. The lowest BCUT2D eigenvalue weighted by Crippen LogP contribution is -2.27. The highest BCUT2D eigenvalue weighted by Crippen LogP contribution is 1.91. The number of primary amides is 1. The first-order valence-electron chi connectivity index (χ1n) is 3.43. The molecule has 0 heterocycles. The molecule has 0 aromatic carbocycles. The monoisotopic (exact) mass is 173 g/mol. The fourth-order valence-corrected chi connectivity index (χ4v) is 0.570. The number of nitrogens with one attached hydrogen (secondary N) is 1. The number of hydrogen-bond donors (Lipinski definition) is 3. The second-order valence-electron chi connectivity index (χ2n) is 2.09. The Morgan fingerprint density at radius 1 is 1.58 bits per heavy atom. The van der Waals surface area contributed by atoms with Crippen molar-refractivity contribution in [2.75, 3.05) is 0 Å². The zero-order valence-corrected chi connectivity index (χ0v) is 6.70. The number of amides is 2. The molecule has 0 aromatic heterocycles. The standard InChI is InChI=1S/C6H11N3O3/c1-2-3-4(5(10)11)8-9-6(7)12/h2-3H2,1H3,(H,10,11)(H3,7,9,12). The molecule has 0 aliphatic rings. The smallest absolute Gasteiger partial charge is 0.352 e. The highest BCUT2D eigenvalue weighted by molar-refractivity contribution is 6.35. The summed E-state index contributed by atoms with van der Waals surface area (Å²) in [6.07, 6.45) is 0.946. The van der Waals surface area contributed by atoms with Gasteiger partial charge < -0.3 is 10.8 Å². The number of carbonyl (C=O) groups is 2. The van der Waals surface area contributed by atoms with Crippen molar-refractivity contribution in [3.8, 4) is 0 Å². The van der Waals surface area contributed by atoms with E-state index in [1.54, 1.807) is 0 Å². The number of carboxylic acids is 1. The Labute approximate surface area is 69.4 Å². The van der Waals surface area contributed by atoms with Crippen LogP contribution in [0.3, 0.4) is 0 Å². The number of nitrogens with zero attached hydrogens (tertiary/aromatic N) is 1. The van der Waals surface area contributed by atoms with Crippen molar-refractivity contribution in [2.45, 2.75) is 19.8 Å². The van der Waals surface area contributed by atoms with Gasteiger partial charge in [-0.2, -0.15) is 5.10 Å². The lowest BCUT2D eigenvalue weighted by Gasteiger charge is -1.97. The highest BCUT2D eigenvalue weighted by atomic mass is 16.4. The normalized spacial score (nSPS) is 10.9. The Morgan fingerprint density at radius 3 is 2.50 bits per heavy atom. The van der Waals surface area contributed by atoms with Gasteiger partial charge in [-0.15, -0.1) is 0 Å². The van der Waals surface area contributed by atoms with Crippen molar-refractivity contribution >= 4 is 17.7 Å². The fourth-order valence-electron chi connectivity index (χ4n) is 0.570. The van der Waals surface area contributed by atoms with Gasteiger partial charge in [0.15, 0.2) is 0 Å². The molecule has 6 nitrogen and oxygen atoms in total. The summed E-state index contributed by atoms with van der Waals surface area (Å²) in [6.45, 7) is 1.81. The molecule has 0 unspecified atom stereocenters. The summed E-state index contributed by atoms with van der Waals surface area (Å²) in [5.41, 5.74) is 6.44. The van der Waals surface area contributed by atoms with Crippen molar-refractivity contribution in [2.24, 2.45) is 10.8 Å². The van der Waals surface area contributed by atoms with Crippen LogP contribution < -0.4 is 11.2 Å². The van der Waals surface area contributed by atoms with Crippen LogP contribution in [0.2, 0.25) is 0 Å². The number of aliphatic carboxylic acids is 1. The van der Waals surface area contributed by atoms with E-state index in [2.05, 4.69) is 10.8 Å². The minimum absolute atomic E-state index is 0.101. The highest BCUT2D eigenvalue weighted by Gasteiger charge is 2.07. The van der Waals surface area contributed by atoms with Gasteiger partial charge in [-0.3, -0.25) is 0 Å². The molecule has 68 valence electrons. The van der Waals surface area contributed by atoms with Gasteiger partial charge in [0.2, 0.25) is 0 Å². The first-order chi connectivity index (χ1) is 5.57. The van der Waals surface area contributed by atoms with E-state index in [1.165, 1.54) is 0 Å². The molecule has 0 spiro atoms. The number of carbonyl (C=O) groups excluding carboxylic acids is 1. The largest absolute Gasteiger partial charge is 0.477 e. The molecule has 0 aromatic rings. The minimum atomic E-state index is -1.15. The summed E-state index contributed by atoms with van der Waals surface area (Å²) in [7, 11) is 0. The van der Waals surface area contributed by atoms with Gasteiger partial charge in [0.1, 0.15) is 5.71 Å². The SMILES string of the molecule is CCCC(=NNC(N)=O)C(=O)O. The Bertz CT molecular complexity index is 212. The zero-order chi connectivity index (χ0) is 9.56. The number of urea groups is 1. The molecule has 4 N–H and O–H groups in total. The van der Waals surface area contributed by atoms with E-state index in [0.717, 1.165) is 0 Å². The van der Waals surface area contributed by atoms with Gasteiger partial charge in [-0.05, 0) is 6.42 Å². The summed E-state index contributed by atoms with van der Waals surface area (Å²) < 4.78 is 0. The van der Waals surface area contributed by atoms with E-state index >= 15 is 0 Å². The summed E-state index contributed by atoms with van der Waals surface area (Å²) >= 11 is 0. The van der Waals surface area contributed by atoms with E-state index < -0.39 is 12.0 Å². The molecule has 0 rings (SSSR count). The molecule has 0 atom stereocenters. The third kappa shape index (κ3) is 4.26. The average molecular weight is 173 g/mol. The molecule has 12 heavy (non-hydrogen) atoms. The van der Waals surface area contributed by atoms with E-state index in [9.17, 15) is 9.59 Å². The predicted molar refractivity (Wildman–Crippen MR) is 42.7 cm³/mol. The number of nitrogens with two attached hydrogens (primary N) is 1. The van der Waals surface area contributed by atoms with Gasteiger partial charge >= 0.3 is 12.0 Å². The van der Waals surface area contributed by atoms with Crippen LogP contribution in [0.1, 0.15) is 19.8 Å². The Morgan fingerprint density at radius 2 is 2.17 bits per heavy atom. The van der Waals surface area contributed by atoms with Crippen LogP contribution in [0.25, 0.3) is 0 Å². The van der Waals surface area contributed by atoms with E-state index in [0.29, 0.717) is 12.8 Å². The molecule has 0 saturated carbocycles. The van der Waals surface area contributed by atoms with Crippen LogP contribution in [0.15, 0.2) is 5.10 Å². The predicted octanol–water partition coefficient (Wildman–Crippen LogP) is -0.105. The lowest BCUT2D eigenvalue weighted by molar-refractivity contribution is -0.129. The van der Waals surface area contributed by atoms with Gasteiger partial charge in [-0.25, -0.2) is 15.0 Å². The van der Waals surface area contributed by atoms with E-state index in [1.807, 2.05) is 12.3 Å². The molecule has 0 radical (unpaired) electrons. The van der Waals surface area contributed by atoms with Crippen molar-refractivity contribution in [3.05, 3.63) is 0 Å². The van der Waals surface area contributed by atoms with E-state index in [-0.39, 0.29) is 5.71 Å². The molecule has 0 saturated heterocycles. The Kier molecular flexibility index (Phi) is 4.43. The maximum atomic E-state index is 10.4. The molecule has 2 amide bonds. The molecule has 0 bridgehead atoms. The van der Waals surface area contributed by atoms with Gasteiger partial charge in [0.25, 0.3) is 0 Å². The maximum absolute atomic E-state index is 10.4. The van der Waals surface area contributed by atoms with Crippen LogP contribution in [-0.4, -0.2) is 22.8 Å². The quantitative estimate of drug-likeness (QED) is 0.408. The van der Waals surface area contributed by atoms with Crippen LogP contribution in [0.4, 0.5) is 4.79 Å². The van der Waals surface area contributed by atoms with Gasteiger partial charge in [-0.1, -0.05) is 13.3 Å². The summed E-state index contributed by atoms with van der Waals surface area (Å²) in [5.74, 6) is -1.15. The topological polar surface area (TPSA) is 105 Å². The number of hydrazone groups is 1. The molecule has 6 heteroatoms. The Hall–Kier alpha value is -1.59. The molecule has 0 aliphatic carbocycles.